The van der Waals surface area contributed by atoms with Crippen molar-refractivity contribution < 1.29 is 0 Å². The van der Waals surface area contributed by atoms with Crippen molar-refractivity contribution >= 4 is 0 Å². The highest BCUT2D eigenvalue weighted by molar-refractivity contribution is 4.92. The van der Waals surface area contributed by atoms with Crippen LogP contribution >= 0.6 is 0 Å². The molecule has 0 nitrogen and oxygen atoms in total. The SMILES string of the molecule is CC1CCCCC1[C@@H](C1CCCCCC1)C1CCCCC[C@H]1CC1CCCCCC1. The molecular formula is C30H54. The molecule has 5 atom stereocenters. The molecule has 0 bridgehead atoms. The van der Waals surface area contributed by atoms with Gasteiger partial charge < -0.3 is 0 Å². The summed E-state index contributed by atoms with van der Waals surface area (Å²) in [6.07, 6.45) is 34.2. The van der Waals surface area contributed by atoms with Crippen molar-refractivity contribution in [2.24, 2.45) is 41.4 Å². The second-order valence-electron chi connectivity index (χ2n) is 12.4. The molecular weight excluding hydrogens is 360 g/mol. The summed E-state index contributed by atoms with van der Waals surface area (Å²) >= 11 is 0. The molecule has 0 amide bonds. The summed E-state index contributed by atoms with van der Waals surface area (Å²) in [6, 6.07) is 0. The average Bonchev–Trinajstić information content (AvgIpc) is 3.26. The van der Waals surface area contributed by atoms with Gasteiger partial charge in [0.2, 0.25) is 0 Å². The number of hydrogen-bond donors (Lipinski definition) is 0. The van der Waals surface area contributed by atoms with Crippen molar-refractivity contribution in [2.45, 2.75) is 148 Å². The van der Waals surface area contributed by atoms with E-state index in [1.54, 1.807) is 77.0 Å². The van der Waals surface area contributed by atoms with Crippen molar-refractivity contribution in [3.63, 3.8) is 0 Å². The van der Waals surface area contributed by atoms with Gasteiger partial charge in [-0.3, -0.25) is 0 Å². The van der Waals surface area contributed by atoms with Gasteiger partial charge >= 0.3 is 0 Å². The van der Waals surface area contributed by atoms with Gasteiger partial charge in [0.15, 0.2) is 0 Å². The van der Waals surface area contributed by atoms with Crippen LogP contribution in [0.2, 0.25) is 0 Å². The van der Waals surface area contributed by atoms with Crippen LogP contribution in [0.15, 0.2) is 0 Å². The summed E-state index contributed by atoms with van der Waals surface area (Å²) in [7, 11) is 0. The van der Waals surface area contributed by atoms with Gasteiger partial charge in [0, 0.05) is 0 Å². The van der Waals surface area contributed by atoms with E-state index >= 15 is 0 Å². The van der Waals surface area contributed by atoms with Crippen LogP contribution in [0.1, 0.15) is 148 Å². The Labute approximate surface area is 189 Å². The van der Waals surface area contributed by atoms with Crippen LogP contribution in [0.3, 0.4) is 0 Å². The minimum Gasteiger partial charge on any atom is -0.0622 e. The number of hydrogen-bond acceptors (Lipinski definition) is 0. The van der Waals surface area contributed by atoms with Crippen LogP contribution in [-0.2, 0) is 0 Å². The van der Waals surface area contributed by atoms with Gasteiger partial charge in [-0.15, -0.1) is 0 Å². The summed E-state index contributed by atoms with van der Waals surface area (Å²) in [4.78, 5) is 0. The Morgan fingerprint density at radius 1 is 0.500 bits per heavy atom. The molecule has 30 heavy (non-hydrogen) atoms. The minimum atomic E-state index is 1.01. The van der Waals surface area contributed by atoms with Gasteiger partial charge in [0.25, 0.3) is 0 Å². The summed E-state index contributed by atoms with van der Waals surface area (Å²) in [5.41, 5.74) is 0. The Bertz CT molecular complexity index is 451. The van der Waals surface area contributed by atoms with E-state index in [-0.39, 0.29) is 0 Å². The van der Waals surface area contributed by atoms with Crippen LogP contribution in [-0.4, -0.2) is 0 Å². The molecule has 3 unspecified atom stereocenters. The number of rotatable bonds is 5. The van der Waals surface area contributed by atoms with Gasteiger partial charge in [-0.25, -0.2) is 0 Å². The molecule has 0 aromatic rings. The maximum atomic E-state index is 2.66. The Kier molecular flexibility index (Phi) is 9.50. The summed E-state index contributed by atoms with van der Waals surface area (Å²) < 4.78 is 0. The van der Waals surface area contributed by atoms with Gasteiger partial charge in [0.05, 0.1) is 0 Å². The van der Waals surface area contributed by atoms with Crippen molar-refractivity contribution in [1.82, 2.24) is 0 Å². The third-order valence-corrected chi connectivity index (χ3v) is 10.4. The topological polar surface area (TPSA) is 0 Å². The van der Waals surface area contributed by atoms with E-state index in [2.05, 4.69) is 6.92 Å². The quantitative estimate of drug-likeness (QED) is 0.392. The summed E-state index contributed by atoms with van der Waals surface area (Å²) in [6.45, 7) is 2.66. The molecule has 0 aromatic carbocycles. The highest BCUT2D eigenvalue weighted by Gasteiger charge is 2.42. The van der Waals surface area contributed by atoms with Crippen molar-refractivity contribution in [1.29, 1.82) is 0 Å². The van der Waals surface area contributed by atoms with Crippen LogP contribution in [0.25, 0.3) is 0 Å². The second-order valence-corrected chi connectivity index (χ2v) is 12.4. The van der Waals surface area contributed by atoms with Crippen molar-refractivity contribution in [3.8, 4) is 0 Å². The van der Waals surface area contributed by atoms with E-state index in [9.17, 15) is 0 Å². The van der Waals surface area contributed by atoms with E-state index in [1.165, 1.54) is 64.2 Å². The molecule has 0 saturated heterocycles. The molecule has 0 spiro atoms. The lowest BCUT2D eigenvalue weighted by atomic mass is 9.59. The third-order valence-electron chi connectivity index (χ3n) is 10.4. The zero-order valence-electron chi connectivity index (χ0n) is 20.6. The zero-order valence-corrected chi connectivity index (χ0v) is 20.6. The lowest BCUT2D eigenvalue weighted by molar-refractivity contribution is 0.0276. The Hall–Kier alpha value is 0. The molecule has 0 radical (unpaired) electrons. The molecule has 174 valence electrons. The maximum absolute atomic E-state index is 2.66. The highest BCUT2D eigenvalue weighted by atomic mass is 14.5. The molecule has 4 fully saturated rings. The van der Waals surface area contributed by atoms with E-state index in [4.69, 9.17) is 0 Å². The maximum Gasteiger partial charge on any atom is -0.0324 e. The molecule has 0 heterocycles. The zero-order chi connectivity index (χ0) is 20.6. The Balaban J connectivity index is 1.55. The minimum absolute atomic E-state index is 1.01. The lowest BCUT2D eigenvalue weighted by Crippen LogP contribution is -2.39. The van der Waals surface area contributed by atoms with Gasteiger partial charge in [-0.1, -0.05) is 129 Å². The first-order chi connectivity index (χ1) is 14.8. The van der Waals surface area contributed by atoms with Crippen LogP contribution < -0.4 is 0 Å². The molecule has 4 rings (SSSR count). The molecule has 0 heteroatoms. The van der Waals surface area contributed by atoms with E-state index in [1.807, 2.05) is 0 Å². The highest BCUT2D eigenvalue weighted by Crippen LogP contribution is 2.51. The predicted molar refractivity (Wildman–Crippen MR) is 132 cm³/mol. The van der Waals surface area contributed by atoms with E-state index < -0.39 is 0 Å². The Morgan fingerprint density at radius 3 is 1.70 bits per heavy atom. The monoisotopic (exact) mass is 414 g/mol. The molecule has 0 N–H and O–H groups in total. The van der Waals surface area contributed by atoms with Gasteiger partial charge in [-0.05, 0) is 60.7 Å². The first kappa shape index (κ1) is 23.2. The van der Waals surface area contributed by atoms with E-state index in [0.717, 1.165) is 41.4 Å². The lowest BCUT2D eigenvalue weighted by Gasteiger charge is -2.46. The fraction of sp³-hybridized carbons (Fsp3) is 1.00. The molecule has 4 aliphatic carbocycles. The summed E-state index contributed by atoms with van der Waals surface area (Å²) in [5, 5.41) is 0. The Morgan fingerprint density at radius 2 is 1.00 bits per heavy atom. The molecule has 0 aromatic heterocycles. The smallest absolute Gasteiger partial charge is 0.0324 e. The van der Waals surface area contributed by atoms with Crippen molar-refractivity contribution in [3.05, 3.63) is 0 Å². The van der Waals surface area contributed by atoms with Crippen LogP contribution in [0.5, 0.6) is 0 Å². The average molecular weight is 415 g/mol. The second kappa shape index (κ2) is 12.3. The largest absolute Gasteiger partial charge is 0.0622 e. The van der Waals surface area contributed by atoms with Crippen LogP contribution in [0, 0.1) is 41.4 Å². The molecule has 4 aliphatic rings. The van der Waals surface area contributed by atoms with Gasteiger partial charge in [0.1, 0.15) is 0 Å². The molecule has 0 aliphatic heterocycles. The normalized spacial score (nSPS) is 37.1. The van der Waals surface area contributed by atoms with Crippen LogP contribution in [0.4, 0.5) is 0 Å². The standard InChI is InChI=1S/C30H54/c1-24-15-13-14-21-28(24)30(26-18-9-4-5-10-19-26)29-22-12-6-11-20-27(29)23-25-16-7-2-3-8-17-25/h24-30H,2-23H2,1H3/t24?,27-,28?,29?,30+/m0/s1. The van der Waals surface area contributed by atoms with Crippen molar-refractivity contribution in [2.75, 3.05) is 0 Å². The first-order valence-corrected chi connectivity index (χ1v) is 14.8. The fourth-order valence-electron chi connectivity index (χ4n) is 8.87. The molecule has 4 saturated carbocycles. The summed E-state index contributed by atoms with van der Waals surface area (Å²) in [5.74, 6) is 7.50. The first-order valence-electron chi connectivity index (χ1n) is 14.8. The fourth-order valence-corrected chi connectivity index (χ4v) is 8.87. The predicted octanol–water partition coefficient (Wildman–Crippen LogP) is 9.96. The van der Waals surface area contributed by atoms with Gasteiger partial charge in [-0.2, -0.15) is 0 Å². The van der Waals surface area contributed by atoms with E-state index in [0.29, 0.717) is 0 Å². The third kappa shape index (κ3) is 6.28.